The number of hydrogen-bond donors (Lipinski definition) is 1. The highest BCUT2D eigenvalue weighted by Crippen LogP contribution is 2.21. The summed E-state index contributed by atoms with van der Waals surface area (Å²) >= 11 is 0. The molecule has 1 aliphatic heterocycles. The summed E-state index contributed by atoms with van der Waals surface area (Å²) in [5, 5.41) is 5.98. The van der Waals surface area contributed by atoms with Gasteiger partial charge in [0.1, 0.15) is 12.1 Å². The van der Waals surface area contributed by atoms with Crippen molar-refractivity contribution >= 4 is 11.8 Å². The molecule has 0 unspecified atom stereocenters. The van der Waals surface area contributed by atoms with Crippen molar-refractivity contribution in [2.45, 2.75) is 31.8 Å². The largest absolute Gasteiger partial charge is 0.357 e. The zero-order valence-electron chi connectivity index (χ0n) is 10.6. The Bertz CT molecular complexity index is 412. The maximum absolute atomic E-state index is 12.2. The molecule has 2 amide bonds. The van der Waals surface area contributed by atoms with Gasteiger partial charge in [-0.1, -0.05) is 17.3 Å². The van der Waals surface area contributed by atoms with E-state index in [9.17, 15) is 9.59 Å². The number of carbonyl (C=O) groups excluding carboxylic acids is 2. The van der Waals surface area contributed by atoms with Crippen LogP contribution in [0.2, 0.25) is 0 Å². The third-order valence-corrected chi connectivity index (χ3v) is 2.95. The Balaban J connectivity index is 2.90. The molecule has 0 aromatic heterocycles. The topological polar surface area (TPSA) is 98.2 Å². The fourth-order valence-corrected chi connectivity index (χ4v) is 2.04. The number of hydrogen-bond acceptors (Lipinski definition) is 3. The molecular formula is C11H17N5O2. The number of rotatable bonds is 4. The fraction of sp³-hybridized carbons (Fsp3) is 0.636. The van der Waals surface area contributed by atoms with Crippen molar-refractivity contribution in [2.24, 2.45) is 5.11 Å². The molecule has 7 heteroatoms. The first-order valence-corrected chi connectivity index (χ1v) is 5.74. The predicted molar refractivity (Wildman–Crippen MR) is 66.5 cm³/mol. The summed E-state index contributed by atoms with van der Waals surface area (Å²) in [6, 6.07) is -1.40. The molecule has 1 fully saturated rings. The Morgan fingerprint density at radius 3 is 2.78 bits per heavy atom. The van der Waals surface area contributed by atoms with Gasteiger partial charge in [0.05, 0.1) is 0 Å². The van der Waals surface area contributed by atoms with E-state index in [-0.39, 0.29) is 11.8 Å². The van der Waals surface area contributed by atoms with Crippen LogP contribution in [0.3, 0.4) is 0 Å². The second-order valence-electron chi connectivity index (χ2n) is 4.26. The monoisotopic (exact) mass is 251 g/mol. The molecule has 0 aromatic carbocycles. The molecule has 1 saturated heterocycles. The Morgan fingerprint density at radius 2 is 2.28 bits per heavy atom. The number of azide groups is 1. The van der Waals surface area contributed by atoms with Gasteiger partial charge in [-0.15, -0.1) is 0 Å². The third kappa shape index (κ3) is 2.81. The van der Waals surface area contributed by atoms with Gasteiger partial charge in [0.25, 0.3) is 0 Å². The summed E-state index contributed by atoms with van der Waals surface area (Å²) < 4.78 is 0. The van der Waals surface area contributed by atoms with E-state index in [2.05, 4.69) is 21.9 Å². The number of likely N-dealkylation sites (N-methyl/N-ethyl adjacent to an activating group) is 1. The molecule has 1 aliphatic rings. The molecule has 0 radical (unpaired) electrons. The van der Waals surface area contributed by atoms with Crippen molar-refractivity contribution in [3.8, 4) is 0 Å². The molecule has 0 saturated carbocycles. The average molecular weight is 251 g/mol. The van der Waals surface area contributed by atoms with Gasteiger partial charge in [0.15, 0.2) is 0 Å². The maximum Gasteiger partial charge on any atom is 0.242 e. The van der Waals surface area contributed by atoms with E-state index in [1.807, 2.05) is 0 Å². The number of nitrogens with zero attached hydrogens (tertiary/aromatic N) is 4. The Morgan fingerprint density at radius 1 is 1.61 bits per heavy atom. The van der Waals surface area contributed by atoms with Crippen molar-refractivity contribution in [2.75, 3.05) is 13.6 Å². The van der Waals surface area contributed by atoms with Crippen LogP contribution >= 0.6 is 0 Å². The van der Waals surface area contributed by atoms with Crippen LogP contribution in [0.4, 0.5) is 0 Å². The molecule has 1 heterocycles. The van der Waals surface area contributed by atoms with Gasteiger partial charge in [0, 0.05) is 18.5 Å². The SMILES string of the molecule is C=C(C)[C@H](N=[N+]=[N-])C(=O)N1CCC[C@H]1C(=O)NC. The van der Waals surface area contributed by atoms with Crippen LogP contribution in [0.15, 0.2) is 17.3 Å². The fourth-order valence-electron chi connectivity index (χ4n) is 2.04. The lowest BCUT2D eigenvalue weighted by atomic mass is 10.1. The molecule has 0 bridgehead atoms. The molecule has 2 atom stereocenters. The van der Waals surface area contributed by atoms with Crippen molar-refractivity contribution in [3.05, 3.63) is 22.6 Å². The number of amides is 2. The summed E-state index contributed by atoms with van der Waals surface area (Å²) in [5.41, 5.74) is 8.94. The van der Waals surface area contributed by atoms with Gasteiger partial charge in [-0.3, -0.25) is 9.59 Å². The van der Waals surface area contributed by atoms with Crippen molar-refractivity contribution in [3.63, 3.8) is 0 Å². The normalized spacial score (nSPS) is 19.9. The van der Waals surface area contributed by atoms with Crippen LogP contribution in [-0.2, 0) is 9.59 Å². The lowest BCUT2D eigenvalue weighted by molar-refractivity contribution is -0.138. The quantitative estimate of drug-likeness (QED) is 0.348. The Labute approximate surface area is 105 Å². The number of carbonyl (C=O) groups is 2. The molecule has 18 heavy (non-hydrogen) atoms. The van der Waals surface area contributed by atoms with E-state index in [1.165, 1.54) is 11.9 Å². The second kappa shape index (κ2) is 6.07. The van der Waals surface area contributed by atoms with Crippen molar-refractivity contribution < 1.29 is 9.59 Å². The Hall–Kier alpha value is -2.01. The van der Waals surface area contributed by atoms with Gasteiger partial charge in [0.2, 0.25) is 11.8 Å². The highest BCUT2D eigenvalue weighted by Gasteiger charge is 2.36. The molecule has 1 N–H and O–H groups in total. The average Bonchev–Trinajstić information content (AvgIpc) is 2.82. The van der Waals surface area contributed by atoms with E-state index < -0.39 is 12.1 Å². The molecule has 0 aromatic rings. The van der Waals surface area contributed by atoms with Crippen LogP contribution in [0.1, 0.15) is 19.8 Å². The van der Waals surface area contributed by atoms with Crippen LogP contribution in [0.5, 0.6) is 0 Å². The van der Waals surface area contributed by atoms with E-state index >= 15 is 0 Å². The molecule has 0 aliphatic carbocycles. The number of nitrogens with one attached hydrogen (secondary N) is 1. The van der Waals surface area contributed by atoms with Gasteiger partial charge >= 0.3 is 0 Å². The Kier molecular flexibility index (Phi) is 4.74. The number of likely N-dealkylation sites (tertiary alicyclic amines) is 1. The van der Waals surface area contributed by atoms with Gasteiger partial charge in [-0.2, -0.15) is 0 Å². The van der Waals surface area contributed by atoms with E-state index in [4.69, 9.17) is 5.53 Å². The second-order valence-corrected chi connectivity index (χ2v) is 4.26. The zero-order chi connectivity index (χ0) is 13.7. The van der Waals surface area contributed by atoms with Gasteiger partial charge in [-0.25, -0.2) is 0 Å². The summed E-state index contributed by atoms with van der Waals surface area (Å²) in [6.45, 7) is 5.77. The summed E-state index contributed by atoms with van der Waals surface area (Å²) in [5.74, 6) is -0.548. The highest BCUT2D eigenvalue weighted by molar-refractivity contribution is 5.91. The van der Waals surface area contributed by atoms with Gasteiger partial charge in [-0.05, 0) is 25.3 Å². The van der Waals surface area contributed by atoms with E-state index in [0.717, 1.165) is 6.42 Å². The molecule has 1 rings (SSSR count). The first-order chi connectivity index (χ1) is 8.52. The minimum Gasteiger partial charge on any atom is -0.357 e. The first kappa shape index (κ1) is 14.1. The van der Waals surface area contributed by atoms with Crippen LogP contribution in [0, 0.1) is 0 Å². The maximum atomic E-state index is 12.2. The molecule has 98 valence electrons. The molecule has 0 spiro atoms. The molecule has 7 nitrogen and oxygen atoms in total. The van der Waals surface area contributed by atoms with E-state index in [0.29, 0.717) is 18.5 Å². The lowest BCUT2D eigenvalue weighted by Gasteiger charge is -2.26. The predicted octanol–water partition coefficient (Wildman–Crippen LogP) is 0.978. The zero-order valence-corrected chi connectivity index (χ0v) is 10.6. The van der Waals surface area contributed by atoms with Crippen molar-refractivity contribution in [1.29, 1.82) is 0 Å². The summed E-state index contributed by atoms with van der Waals surface area (Å²) in [7, 11) is 1.53. The van der Waals surface area contributed by atoms with E-state index in [1.54, 1.807) is 6.92 Å². The summed E-state index contributed by atoms with van der Waals surface area (Å²) in [6.07, 6.45) is 1.40. The first-order valence-electron chi connectivity index (χ1n) is 5.74. The van der Waals surface area contributed by atoms with Crippen LogP contribution in [-0.4, -0.2) is 42.4 Å². The lowest BCUT2D eigenvalue weighted by Crippen LogP contribution is -2.48. The highest BCUT2D eigenvalue weighted by atomic mass is 16.2. The van der Waals surface area contributed by atoms with Crippen molar-refractivity contribution in [1.82, 2.24) is 10.2 Å². The van der Waals surface area contributed by atoms with Crippen LogP contribution < -0.4 is 5.32 Å². The van der Waals surface area contributed by atoms with Crippen LogP contribution in [0.25, 0.3) is 10.4 Å². The smallest absolute Gasteiger partial charge is 0.242 e. The molecular weight excluding hydrogens is 234 g/mol. The standard InChI is InChI=1S/C11H17N5O2/c1-7(2)9(14-15-12)11(18)16-6-4-5-8(16)10(17)13-3/h8-9H,1,4-6H2,2-3H3,(H,13,17)/t8-,9-/m0/s1. The summed E-state index contributed by atoms with van der Waals surface area (Å²) in [4.78, 5) is 28.0. The van der Waals surface area contributed by atoms with Gasteiger partial charge < -0.3 is 10.2 Å². The minimum atomic E-state index is -0.930. The third-order valence-electron chi connectivity index (χ3n) is 2.95. The minimum absolute atomic E-state index is 0.192.